The highest BCUT2D eigenvalue weighted by molar-refractivity contribution is 5.25. The molecule has 2 unspecified atom stereocenters. The van der Waals surface area contributed by atoms with Crippen LogP contribution in [0.3, 0.4) is 0 Å². The van der Waals surface area contributed by atoms with Gasteiger partial charge in [-0.3, -0.25) is 0 Å². The van der Waals surface area contributed by atoms with Crippen molar-refractivity contribution in [1.82, 2.24) is 0 Å². The Balaban J connectivity index is 2.00. The molecule has 1 aromatic rings. The van der Waals surface area contributed by atoms with E-state index < -0.39 is 0 Å². The monoisotopic (exact) mass is 217 g/mol. The number of hydrogen-bond donors (Lipinski definition) is 1. The minimum Gasteiger partial charge on any atom is -0.328 e. The molecular weight excluding hydrogens is 194 g/mol. The maximum absolute atomic E-state index is 6.12. The fraction of sp³-hybridized carbons (Fsp3) is 0.600. The van der Waals surface area contributed by atoms with Crippen LogP contribution in [0.5, 0.6) is 0 Å². The minimum absolute atomic E-state index is 0.441. The van der Waals surface area contributed by atoms with E-state index in [1.807, 2.05) is 0 Å². The van der Waals surface area contributed by atoms with Crippen LogP contribution < -0.4 is 5.73 Å². The van der Waals surface area contributed by atoms with Crippen LogP contribution in [0.2, 0.25) is 0 Å². The fourth-order valence-electron chi connectivity index (χ4n) is 2.84. The third-order valence-corrected chi connectivity index (χ3v) is 3.84. The summed E-state index contributed by atoms with van der Waals surface area (Å²) in [5, 5.41) is 0. The summed E-state index contributed by atoms with van der Waals surface area (Å²) < 4.78 is 0. The minimum atomic E-state index is 0.441. The lowest BCUT2D eigenvalue weighted by molar-refractivity contribution is 0.430. The molecule has 0 aromatic heterocycles. The third kappa shape index (κ3) is 3.08. The molecule has 1 aromatic carbocycles. The largest absolute Gasteiger partial charge is 0.328 e. The standard InChI is InChI=1S/C15H23N/c1-12-6-2-4-8-14(12)10-13-7-3-5-9-15(16)11-13/h2,4,6,8,13,15H,3,5,7,9-11,16H2,1H3. The van der Waals surface area contributed by atoms with Crippen molar-refractivity contribution in [2.24, 2.45) is 11.7 Å². The predicted octanol–water partition coefficient (Wildman–Crippen LogP) is 3.45. The molecule has 0 radical (unpaired) electrons. The molecule has 2 N–H and O–H groups in total. The summed E-state index contributed by atoms with van der Waals surface area (Å²) in [6.45, 7) is 2.21. The van der Waals surface area contributed by atoms with E-state index in [0.717, 1.165) is 5.92 Å². The zero-order chi connectivity index (χ0) is 11.4. The van der Waals surface area contributed by atoms with Gasteiger partial charge < -0.3 is 5.73 Å². The van der Waals surface area contributed by atoms with Crippen molar-refractivity contribution in [3.05, 3.63) is 35.4 Å². The molecule has 16 heavy (non-hydrogen) atoms. The Labute approximate surface area is 99.0 Å². The average molecular weight is 217 g/mol. The summed E-state index contributed by atoms with van der Waals surface area (Å²) in [5.41, 5.74) is 9.06. The van der Waals surface area contributed by atoms with Gasteiger partial charge in [0.05, 0.1) is 0 Å². The zero-order valence-corrected chi connectivity index (χ0v) is 10.3. The van der Waals surface area contributed by atoms with Crippen molar-refractivity contribution in [1.29, 1.82) is 0 Å². The second-order valence-electron chi connectivity index (χ2n) is 5.28. The first-order chi connectivity index (χ1) is 7.75. The third-order valence-electron chi connectivity index (χ3n) is 3.84. The Hall–Kier alpha value is -0.820. The maximum Gasteiger partial charge on any atom is 0.00415 e. The fourth-order valence-corrected chi connectivity index (χ4v) is 2.84. The van der Waals surface area contributed by atoms with Gasteiger partial charge in [0.1, 0.15) is 0 Å². The van der Waals surface area contributed by atoms with E-state index in [-0.39, 0.29) is 0 Å². The second-order valence-corrected chi connectivity index (χ2v) is 5.28. The van der Waals surface area contributed by atoms with Gasteiger partial charge in [0, 0.05) is 6.04 Å². The molecule has 1 saturated carbocycles. The van der Waals surface area contributed by atoms with Crippen LogP contribution in [0.25, 0.3) is 0 Å². The van der Waals surface area contributed by atoms with Crippen molar-refractivity contribution in [2.75, 3.05) is 0 Å². The summed E-state index contributed by atoms with van der Waals surface area (Å²) in [7, 11) is 0. The van der Waals surface area contributed by atoms with Crippen LogP contribution in [0.1, 0.15) is 43.2 Å². The van der Waals surface area contributed by atoms with E-state index in [1.165, 1.54) is 49.7 Å². The topological polar surface area (TPSA) is 26.0 Å². The average Bonchev–Trinajstić information content (AvgIpc) is 2.46. The molecule has 1 nitrogen and oxygen atoms in total. The van der Waals surface area contributed by atoms with Crippen LogP contribution in [0.15, 0.2) is 24.3 Å². The molecule has 1 aliphatic rings. The van der Waals surface area contributed by atoms with Gasteiger partial charge in [-0.05, 0) is 43.2 Å². The van der Waals surface area contributed by atoms with Gasteiger partial charge in [0.15, 0.2) is 0 Å². The zero-order valence-electron chi connectivity index (χ0n) is 10.3. The SMILES string of the molecule is Cc1ccccc1CC1CCCCC(N)C1. The smallest absolute Gasteiger partial charge is 0.00415 e. The Bertz CT molecular complexity index is 332. The number of rotatable bonds is 2. The summed E-state index contributed by atoms with van der Waals surface area (Å²) in [6, 6.07) is 9.20. The molecule has 88 valence electrons. The van der Waals surface area contributed by atoms with E-state index >= 15 is 0 Å². The van der Waals surface area contributed by atoms with Gasteiger partial charge in [-0.1, -0.05) is 43.5 Å². The highest BCUT2D eigenvalue weighted by atomic mass is 14.6. The molecule has 0 aliphatic heterocycles. The molecule has 1 aliphatic carbocycles. The first-order valence-corrected chi connectivity index (χ1v) is 6.56. The van der Waals surface area contributed by atoms with Crippen LogP contribution in [0.4, 0.5) is 0 Å². The van der Waals surface area contributed by atoms with Crippen molar-refractivity contribution < 1.29 is 0 Å². The van der Waals surface area contributed by atoms with E-state index in [1.54, 1.807) is 0 Å². The van der Waals surface area contributed by atoms with Gasteiger partial charge in [-0.2, -0.15) is 0 Å². The Morgan fingerprint density at radius 1 is 1.19 bits per heavy atom. The molecule has 0 heterocycles. The summed E-state index contributed by atoms with van der Waals surface area (Å²) in [6.07, 6.45) is 7.72. The van der Waals surface area contributed by atoms with Crippen molar-refractivity contribution in [2.45, 2.75) is 51.5 Å². The molecule has 2 rings (SSSR count). The molecule has 0 saturated heterocycles. The number of hydrogen-bond acceptors (Lipinski definition) is 1. The summed E-state index contributed by atoms with van der Waals surface area (Å²) >= 11 is 0. The molecular formula is C15H23N. The highest BCUT2D eigenvalue weighted by Gasteiger charge is 2.18. The Morgan fingerprint density at radius 2 is 1.94 bits per heavy atom. The van der Waals surface area contributed by atoms with E-state index in [2.05, 4.69) is 31.2 Å². The quantitative estimate of drug-likeness (QED) is 0.754. The molecule has 0 amide bonds. The lowest BCUT2D eigenvalue weighted by Crippen LogP contribution is -2.22. The van der Waals surface area contributed by atoms with E-state index in [4.69, 9.17) is 5.73 Å². The van der Waals surface area contributed by atoms with Crippen LogP contribution in [-0.4, -0.2) is 6.04 Å². The predicted molar refractivity (Wildman–Crippen MR) is 69.4 cm³/mol. The van der Waals surface area contributed by atoms with Crippen molar-refractivity contribution >= 4 is 0 Å². The summed E-state index contributed by atoms with van der Waals surface area (Å²) in [4.78, 5) is 0. The van der Waals surface area contributed by atoms with E-state index in [0.29, 0.717) is 6.04 Å². The van der Waals surface area contributed by atoms with Gasteiger partial charge in [0.25, 0.3) is 0 Å². The Kier molecular flexibility index (Phi) is 4.00. The number of aryl methyl sites for hydroxylation is 1. The second kappa shape index (κ2) is 5.49. The van der Waals surface area contributed by atoms with Gasteiger partial charge in [-0.25, -0.2) is 0 Å². The van der Waals surface area contributed by atoms with Gasteiger partial charge in [0.2, 0.25) is 0 Å². The van der Waals surface area contributed by atoms with Gasteiger partial charge >= 0.3 is 0 Å². The maximum atomic E-state index is 6.12. The number of nitrogens with two attached hydrogens (primary N) is 1. The molecule has 2 atom stereocenters. The highest BCUT2D eigenvalue weighted by Crippen LogP contribution is 2.26. The van der Waals surface area contributed by atoms with Crippen LogP contribution in [-0.2, 0) is 6.42 Å². The molecule has 1 fully saturated rings. The van der Waals surface area contributed by atoms with E-state index in [9.17, 15) is 0 Å². The van der Waals surface area contributed by atoms with Crippen molar-refractivity contribution in [3.8, 4) is 0 Å². The normalized spacial score (nSPS) is 26.4. The van der Waals surface area contributed by atoms with Gasteiger partial charge in [-0.15, -0.1) is 0 Å². The van der Waals surface area contributed by atoms with Crippen LogP contribution >= 0.6 is 0 Å². The Morgan fingerprint density at radius 3 is 2.75 bits per heavy atom. The molecule has 0 spiro atoms. The first-order valence-electron chi connectivity index (χ1n) is 6.56. The lowest BCUT2D eigenvalue weighted by atomic mass is 9.89. The summed E-state index contributed by atoms with van der Waals surface area (Å²) in [5.74, 6) is 0.804. The van der Waals surface area contributed by atoms with Crippen molar-refractivity contribution in [3.63, 3.8) is 0 Å². The number of benzene rings is 1. The lowest BCUT2D eigenvalue weighted by Gasteiger charge is -2.18. The van der Waals surface area contributed by atoms with Crippen LogP contribution in [0, 0.1) is 12.8 Å². The molecule has 0 bridgehead atoms. The molecule has 1 heteroatoms. The first kappa shape index (κ1) is 11.7.